The van der Waals surface area contributed by atoms with Crippen molar-refractivity contribution in [2.75, 3.05) is 0 Å². The summed E-state index contributed by atoms with van der Waals surface area (Å²) >= 11 is 0. The molecule has 0 aromatic carbocycles. The fourth-order valence-electron chi connectivity index (χ4n) is 1.06. The topological polar surface area (TPSA) is 49.3 Å². The fourth-order valence-corrected chi connectivity index (χ4v) is 1.06. The van der Waals surface area contributed by atoms with Crippen LogP contribution >= 0.6 is 0 Å². The molecule has 1 amide bonds. The summed E-state index contributed by atoms with van der Waals surface area (Å²) in [6.07, 6.45) is 3.81. The molecule has 0 fully saturated rings. The van der Waals surface area contributed by atoms with Gasteiger partial charge in [-0.3, -0.25) is 10.0 Å². The molecule has 0 aromatic rings. The molecule has 11 heavy (non-hydrogen) atoms. The summed E-state index contributed by atoms with van der Waals surface area (Å²) < 4.78 is 0. The number of nitrogens with one attached hydrogen (secondary N) is 1. The first-order valence-corrected chi connectivity index (χ1v) is 4.20. The summed E-state index contributed by atoms with van der Waals surface area (Å²) in [7, 11) is 0. The van der Waals surface area contributed by atoms with E-state index in [1.807, 2.05) is 6.92 Å². The molecule has 0 saturated carbocycles. The van der Waals surface area contributed by atoms with Crippen molar-refractivity contribution in [3.8, 4) is 0 Å². The molecule has 3 nitrogen and oxygen atoms in total. The highest BCUT2D eigenvalue weighted by molar-refractivity contribution is 5.77. The lowest BCUT2D eigenvalue weighted by atomic mass is 9.99. The Bertz CT molecular complexity index is 115. The van der Waals surface area contributed by atoms with Crippen molar-refractivity contribution in [3.63, 3.8) is 0 Å². The van der Waals surface area contributed by atoms with Gasteiger partial charge in [-0.05, 0) is 12.8 Å². The van der Waals surface area contributed by atoms with Crippen LogP contribution in [0.5, 0.6) is 0 Å². The lowest BCUT2D eigenvalue weighted by Gasteiger charge is -2.10. The van der Waals surface area contributed by atoms with Gasteiger partial charge in [0, 0.05) is 5.92 Å². The Morgan fingerprint density at radius 2 is 2.18 bits per heavy atom. The van der Waals surface area contributed by atoms with Crippen molar-refractivity contribution >= 4 is 5.91 Å². The first-order chi connectivity index (χ1) is 5.26. The Hall–Kier alpha value is -0.570. The molecule has 0 bridgehead atoms. The van der Waals surface area contributed by atoms with Gasteiger partial charge in [-0.2, -0.15) is 0 Å². The minimum atomic E-state index is -0.249. The predicted octanol–water partition coefficient (Wildman–Crippen LogP) is 1.71. The van der Waals surface area contributed by atoms with E-state index in [0.29, 0.717) is 0 Å². The normalized spacial score (nSPS) is 12.6. The van der Waals surface area contributed by atoms with Crippen molar-refractivity contribution in [1.82, 2.24) is 5.48 Å². The van der Waals surface area contributed by atoms with Crippen molar-refractivity contribution in [3.05, 3.63) is 0 Å². The number of rotatable bonds is 5. The molecule has 0 aliphatic carbocycles. The molecular formula is C8H17NO2. The lowest BCUT2D eigenvalue weighted by Crippen LogP contribution is -2.27. The Morgan fingerprint density at radius 1 is 1.55 bits per heavy atom. The second kappa shape index (κ2) is 6.16. The molecule has 0 radical (unpaired) electrons. The van der Waals surface area contributed by atoms with Gasteiger partial charge in [0.15, 0.2) is 0 Å². The van der Waals surface area contributed by atoms with Crippen LogP contribution in [0.3, 0.4) is 0 Å². The van der Waals surface area contributed by atoms with Crippen LogP contribution in [0.15, 0.2) is 0 Å². The highest BCUT2D eigenvalue weighted by Crippen LogP contribution is 2.11. The van der Waals surface area contributed by atoms with Crippen LogP contribution in [0.4, 0.5) is 0 Å². The molecule has 0 unspecified atom stereocenters. The van der Waals surface area contributed by atoms with Gasteiger partial charge in [0.1, 0.15) is 0 Å². The van der Waals surface area contributed by atoms with Gasteiger partial charge >= 0.3 is 0 Å². The van der Waals surface area contributed by atoms with Gasteiger partial charge in [0.05, 0.1) is 0 Å². The van der Waals surface area contributed by atoms with E-state index < -0.39 is 0 Å². The van der Waals surface area contributed by atoms with E-state index in [-0.39, 0.29) is 11.8 Å². The summed E-state index contributed by atoms with van der Waals surface area (Å²) in [5.74, 6) is -0.263. The highest BCUT2D eigenvalue weighted by atomic mass is 16.5. The largest absolute Gasteiger partial charge is 0.289 e. The third-order valence-corrected chi connectivity index (χ3v) is 1.88. The van der Waals surface area contributed by atoms with E-state index in [0.717, 1.165) is 25.7 Å². The third-order valence-electron chi connectivity index (χ3n) is 1.88. The van der Waals surface area contributed by atoms with Crippen LogP contribution in [0, 0.1) is 5.92 Å². The van der Waals surface area contributed by atoms with Gasteiger partial charge in [-0.1, -0.05) is 26.7 Å². The molecule has 1 atom stereocenters. The first kappa shape index (κ1) is 10.4. The zero-order chi connectivity index (χ0) is 8.69. The van der Waals surface area contributed by atoms with E-state index in [2.05, 4.69) is 6.92 Å². The highest BCUT2D eigenvalue weighted by Gasteiger charge is 2.13. The van der Waals surface area contributed by atoms with E-state index in [4.69, 9.17) is 5.21 Å². The molecule has 66 valence electrons. The second-order valence-electron chi connectivity index (χ2n) is 2.72. The van der Waals surface area contributed by atoms with Crippen LogP contribution < -0.4 is 5.48 Å². The molecule has 0 aliphatic heterocycles. The number of hydrogen-bond donors (Lipinski definition) is 2. The van der Waals surface area contributed by atoms with Crippen molar-refractivity contribution in [2.24, 2.45) is 5.92 Å². The van der Waals surface area contributed by atoms with Gasteiger partial charge in [0.2, 0.25) is 5.91 Å². The molecule has 0 heterocycles. The Morgan fingerprint density at radius 3 is 2.55 bits per heavy atom. The summed E-state index contributed by atoms with van der Waals surface area (Å²) in [6, 6.07) is 0. The molecule has 2 N–H and O–H groups in total. The van der Waals surface area contributed by atoms with E-state index >= 15 is 0 Å². The zero-order valence-electron chi connectivity index (χ0n) is 7.26. The number of unbranched alkanes of at least 4 members (excludes halogenated alkanes) is 1. The molecule has 0 aliphatic rings. The lowest BCUT2D eigenvalue weighted by molar-refractivity contribution is -0.133. The van der Waals surface area contributed by atoms with Gasteiger partial charge in [-0.15, -0.1) is 0 Å². The molecule has 0 saturated heterocycles. The van der Waals surface area contributed by atoms with E-state index in [1.165, 1.54) is 0 Å². The molecule has 0 rings (SSSR count). The van der Waals surface area contributed by atoms with Gasteiger partial charge in [-0.25, -0.2) is 5.48 Å². The molecule has 0 spiro atoms. The molecule has 3 heteroatoms. The monoisotopic (exact) mass is 159 g/mol. The quantitative estimate of drug-likeness (QED) is 0.474. The van der Waals surface area contributed by atoms with Crippen LogP contribution in [-0.4, -0.2) is 11.1 Å². The second-order valence-corrected chi connectivity index (χ2v) is 2.72. The number of hydroxylamine groups is 1. The Balaban J connectivity index is 3.65. The number of carbonyl (C=O) groups is 1. The Kier molecular flexibility index (Phi) is 5.84. The van der Waals surface area contributed by atoms with E-state index in [1.54, 1.807) is 5.48 Å². The van der Waals surface area contributed by atoms with Crippen molar-refractivity contribution in [2.45, 2.75) is 39.5 Å². The Labute approximate surface area is 67.8 Å². The summed E-state index contributed by atoms with van der Waals surface area (Å²) in [5.41, 5.74) is 1.69. The zero-order valence-corrected chi connectivity index (χ0v) is 7.26. The van der Waals surface area contributed by atoms with E-state index in [9.17, 15) is 4.79 Å². The first-order valence-electron chi connectivity index (χ1n) is 4.20. The van der Waals surface area contributed by atoms with Crippen LogP contribution in [0.25, 0.3) is 0 Å². The SMILES string of the molecule is CCCC[C@H](CC)C(=O)NO. The molecular weight excluding hydrogens is 142 g/mol. The number of carbonyl (C=O) groups excluding carboxylic acids is 1. The smallest absolute Gasteiger partial charge is 0.246 e. The maximum atomic E-state index is 10.9. The maximum Gasteiger partial charge on any atom is 0.246 e. The third kappa shape index (κ3) is 3.98. The standard InChI is InChI=1S/C8H17NO2/c1-3-5-6-7(4-2)8(10)9-11/h7,11H,3-6H2,1-2H3,(H,9,10)/t7-/m0/s1. The average Bonchev–Trinajstić information content (AvgIpc) is 2.05. The van der Waals surface area contributed by atoms with Gasteiger partial charge in [0.25, 0.3) is 0 Å². The summed E-state index contributed by atoms with van der Waals surface area (Å²) in [6.45, 7) is 4.04. The fraction of sp³-hybridized carbons (Fsp3) is 0.875. The van der Waals surface area contributed by atoms with Crippen LogP contribution in [0.2, 0.25) is 0 Å². The van der Waals surface area contributed by atoms with Crippen LogP contribution in [-0.2, 0) is 4.79 Å². The maximum absolute atomic E-state index is 10.9. The van der Waals surface area contributed by atoms with Crippen molar-refractivity contribution in [1.29, 1.82) is 0 Å². The van der Waals surface area contributed by atoms with Crippen LogP contribution in [0.1, 0.15) is 39.5 Å². The average molecular weight is 159 g/mol. The van der Waals surface area contributed by atoms with Crippen molar-refractivity contribution < 1.29 is 10.0 Å². The predicted molar refractivity (Wildman–Crippen MR) is 43.2 cm³/mol. The summed E-state index contributed by atoms with van der Waals surface area (Å²) in [5, 5.41) is 8.34. The summed E-state index contributed by atoms with van der Waals surface area (Å²) in [4.78, 5) is 10.9. The minimum absolute atomic E-state index is 0.0139. The number of hydrogen-bond acceptors (Lipinski definition) is 2. The van der Waals surface area contributed by atoms with Gasteiger partial charge < -0.3 is 0 Å². The number of amides is 1. The minimum Gasteiger partial charge on any atom is -0.289 e. The molecule has 0 aromatic heterocycles.